The molecule has 0 spiro atoms. The van der Waals surface area contributed by atoms with E-state index in [0.717, 1.165) is 5.56 Å². The Morgan fingerprint density at radius 2 is 1.69 bits per heavy atom. The number of halogens is 1. The first-order valence-electron chi connectivity index (χ1n) is 11.0. The van der Waals surface area contributed by atoms with Gasteiger partial charge in [0.2, 0.25) is 5.91 Å². The van der Waals surface area contributed by atoms with Crippen molar-refractivity contribution in [2.45, 2.75) is 25.6 Å². The van der Waals surface area contributed by atoms with Crippen molar-refractivity contribution in [3.63, 3.8) is 0 Å². The molecule has 0 radical (unpaired) electrons. The Morgan fingerprint density at radius 3 is 2.34 bits per heavy atom. The molecular formula is C27H24FN3O3S. The topological polar surface area (TPSA) is 73.2 Å². The molecule has 1 amide bonds. The van der Waals surface area contributed by atoms with Crippen LogP contribution >= 0.6 is 11.8 Å². The lowest BCUT2D eigenvalue weighted by molar-refractivity contribution is -0.113. The normalized spacial score (nSPS) is 10.7. The summed E-state index contributed by atoms with van der Waals surface area (Å²) in [6.07, 6.45) is 0. The Bertz CT molecular complexity index is 1320. The van der Waals surface area contributed by atoms with Gasteiger partial charge in [-0.3, -0.25) is 14.2 Å². The third kappa shape index (κ3) is 6.16. The molecule has 35 heavy (non-hydrogen) atoms. The monoisotopic (exact) mass is 489 g/mol. The molecular weight excluding hydrogens is 465 g/mol. The minimum absolute atomic E-state index is 0.0846. The average molecular weight is 490 g/mol. The van der Waals surface area contributed by atoms with Gasteiger partial charge in [-0.2, -0.15) is 0 Å². The maximum absolute atomic E-state index is 13.4. The molecule has 0 saturated carbocycles. The van der Waals surface area contributed by atoms with E-state index in [-0.39, 0.29) is 23.3 Å². The Labute approximate surface area is 207 Å². The highest BCUT2D eigenvalue weighted by Gasteiger charge is 2.20. The van der Waals surface area contributed by atoms with Gasteiger partial charge in [0.15, 0.2) is 10.9 Å². The van der Waals surface area contributed by atoms with Crippen LogP contribution in [-0.2, 0) is 11.4 Å². The van der Waals surface area contributed by atoms with E-state index in [1.807, 2.05) is 30.3 Å². The molecule has 178 valence electrons. The maximum atomic E-state index is 13.4. The van der Waals surface area contributed by atoms with E-state index in [0.29, 0.717) is 40.3 Å². The molecule has 6 nitrogen and oxygen atoms in total. The predicted octanol–water partition coefficient (Wildman–Crippen LogP) is 5.83. The molecule has 0 aliphatic heterocycles. The summed E-state index contributed by atoms with van der Waals surface area (Å²) >= 11 is 1.20. The molecule has 3 aromatic carbocycles. The number of benzene rings is 3. The average Bonchev–Trinajstić information content (AvgIpc) is 3.19. The van der Waals surface area contributed by atoms with Gasteiger partial charge in [0, 0.05) is 18.3 Å². The molecule has 0 aliphatic rings. The smallest absolute Gasteiger partial charge is 0.234 e. The molecule has 1 heterocycles. The number of carbonyl (C=O) groups is 2. The summed E-state index contributed by atoms with van der Waals surface area (Å²) in [5.74, 6) is 0.0324. The van der Waals surface area contributed by atoms with Crippen molar-refractivity contribution >= 4 is 29.1 Å². The molecule has 0 unspecified atom stereocenters. The van der Waals surface area contributed by atoms with Gasteiger partial charge in [-0.15, -0.1) is 0 Å². The third-order valence-electron chi connectivity index (χ3n) is 5.16. The lowest BCUT2D eigenvalue weighted by Crippen LogP contribution is -2.15. The zero-order valence-electron chi connectivity index (χ0n) is 19.3. The first-order chi connectivity index (χ1) is 16.9. The number of amides is 1. The molecule has 1 aromatic heterocycles. The molecule has 1 N–H and O–H groups in total. The van der Waals surface area contributed by atoms with Crippen molar-refractivity contribution in [2.75, 3.05) is 11.1 Å². The van der Waals surface area contributed by atoms with Gasteiger partial charge in [0.25, 0.3) is 0 Å². The highest BCUT2D eigenvalue weighted by Crippen LogP contribution is 2.27. The molecule has 0 atom stereocenters. The van der Waals surface area contributed by atoms with Gasteiger partial charge in [-0.1, -0.05) is 42.1 Å². The summed E-state index contributed by atoms with van der Waals surface area (Å²) < 4.78 is 20.9. The van der Waals surface area contributed by atoms with E-state index in [1.165, 1.54) is 30.8 Å². The molecule has 0 saturated heterocycles. The van der Waals surface area contributed by atoms with Gasteiger partial charge in [0.05, 0.1) is 11.4 Å². The van der Waals surface area contributed by atoms with Crippen molar-refractivity contribution in [1.29, 1.82) is 0 Å². The largest absolute Gasteiger partial charge is 0.489 e. The molecule has 0 aliphatic carbocycles. The number of carbonyl (C=O) groups excluding carboxylic acids is 2. The maximum Gasteiger partial charge on any atom is 0.234 e. The fourth-order valence-electron chi connectivity index (χ4n) is 3.55. The Morgan fingerprint density at radius 1 is 1.00 bits per heavy atom. The van der Waals surface area contributed by atoms with Crippen LogP contribution in [0.3, 0.4) is 0 Å². The van der Waals surface area contributed by atoms with Crippen molar-refractivity contribution < 1.29 is 18.7 Å². The van der Waals surface area contributed by atoms with Gasteiger partial charge in [-0.05, 0) is 61.0 Å². The summed E-state index contributed by atoms with van der Waals surface area (Å²) in [7, 11) is 0. The first-order valence-corrected chi connectivity index (χ1v) is 11.9. The minimum atomic E-state index is -0.375. The zero-order chi connectivity index (χ0) is 24.8. The number of ketones is 1. The van der Waals surface area contributed by atoms with Gasteiger partial charge in [-0.25, -0.2) is 9.37 Å². The number of ether oxygens (including phenoxy) is 1. The minimum Gasteiger partial charge on any atom is -0.489 e. The summed E-state index contributed by atoms with van der Waals surface area (Å²) in [6, 6.07) is 22.8. The number of hydrogen-bond acceptors (Lipinski definition) is 5. The van der Waals surface area contributed by atoms with Crippen LogP contribution in [0, 0.1) is 12.7 Å². The number of thioether (sulfide) groups is 1. The second kappa shape index (κ2) is 11.0. The number of aryl methyl sites for hydroxylation is 1. The summed E-state index contributed by atoms with van der Waals surface area (Å²) in [5, 5.41) is 3.34. The third-order valence-corrected chi connectivity index (χ3v) is 6.10. The van der Waals surface area contributed by atoms with Gasteiger partial charge < -0.3 is 10.1 Å². The van der Waals surface area contributed by atoms with E-state index in [2.05, 4.69) is 10.3 Å². The number of rotatable bonds is 9. The van der Waals surface area contributed by atoms with Crippen LogP contribution < -0.4 is 10.1 Å². The number of aromatic nitrogens is 2. The summed E-state index contributed by atoms with van der Waals surface area (Å²) in [5.41, 5.74) is 3.28. The molecule has 0 fully saturated rings. The summed E-state index contributed by atoms with van der Waals surface area (Å²) in [6.45, 7) is 3.66. The summed E-state index contributed by atoms with van der Waals surface area (Å²) in [4.78, 5) is 29.3. The Hall–Kier alpha value is -3.91. The van der Waals surface area contributed by atoms with Crippen LogP contribution in [0.5, 0.6) is 5.75 Å². The lowest BCUT2D eigenvalue weighted by Gasteiger charge is -2.11. The number of Topliss-reactive ketones (excluding diaryl/α,β-unsaturated/α-hetero) is 1. The van der Waals surface area contributed by atoms with Gasteiger partial charge in [0.1, 0.15) is 23.9 Å². The van der Waals surface area contributed by atoms with Crippen LogP contribution in [0.4, 0.5) is 10.1 Å². The molecule has 0 bridgehead atoms. The second-order valence-corrected chi connectivity index (χ2v) is 8.77. The highest BCUT2D eigenvalue weighted by atomic mass is 32.2. The molecule has 4 rings (SSSR count). The standard InChI is InChI=1S/C27H24FN3O3S/c1-18-26(19(2)32)31(23-12-8-21(28)9-13-23)27(29-18)35-17-25(33)30-22-10-14-24(15-11-22)34-16-20-6-4-3-5-7-20/h3-15H,16-17H2,1-2H3,(H,30,33). The second-order valence-electron chi connectivity index (χ2n) is 7.83. The number of nitrogens with one attached hydrogen (secondary N) is 1. The van der Waals surface area contributed by atoms with Crippen molar-refractivity contribution in [2.24, 2.45) is 0 Å². The molecule has 4 aromatic rings. The predicted molar refractivity (Wildman–Crippen MR) is 135 cm³/mol. The quantitative estimate of drug-likeness (QED) is 0.236. The van der Waals surface area contributed by atoms with Gasteiger partial charge >= 0.3 is 0 Å². The number of nitrogens with zero attached hydrogens (tertiary/aromatic N) is 2. The Kier molecular flexibility index (Phi) is 7.62. The van der Waals surface area contributed by atoms with Crippen molar-refractivity contribution in [3.8, 4) is 11.4 Å². The van der Waals surface area contributed by atoms with Crippen LogP contribution in [-0.4, -0.2) is 27.0 Å². The van der Waals surface area contributed by atoms with E-state index in [1.54, 1.807) is 47.9 Å². The number of imidazole rings is 1. The van der Waals surface area contributed by atoms with Crippen LogP contribution in [0.2, 0.25) is 0 Å². The van der Waals surface area contributed by atoms with E-state index in [4.69, 9.17) is 4.74 Å². The SMILES string of the molecule is CC(=O)c1c(C)nc(SCC(=O)Nc2ccc(OCc3ccccc3)cc2)n1-c1ccc(F)cc1. The lowest BCUT2D eigenvalue weighted by atomic mass is 10.2. The Balaban J connectivity index is 1.39. The molecule has 8 heteroatoms. The van der Waals surface area contributed by atoms with Crippen LogP contribution in [0.25, 0.3) is 5.69 Å². The van der Waals surface area contributed by atoms with E-state index < -0.39 is 0 Å². The number of anilines is 1. The number of hydrogen-bond donors (Lipinski definition) is 1. The fourth-order valence-corrected chi connectivity index (χ4v) is 4.40. The van der Waals surface area contributed by atoms with E-state index >= 15 is 0 Å². The van der Waals surface area contributed by atoms with Crippen molar-refractivity contribution in [3.05, 3.63) is 102 Å². The van der Waals surface area contributed by atoms with E-state index in [9.17, 15) is 14.0 Å². The van der Waals surface area contributed by atoms with Crippen molar-refractivity contribution in [1.82, 2.24) is 9.55 Å². The zero-order valence-corrected chi connectivity index (χ0v) is 20.1. The fraction of sp³-hybridized carbons (Fsp3) is 0.148. The van der Waals surface area contributed by atoms with Crippen LogP contribution in [0.1, 0.15) is 28.7 Å². The highest BCUT2D eigenvalue weighted by molar-refractivity contribution is 7.99. The van der Waals surface area contributed by atoms with Crippen LogP contribution in [0.15, 0.2) is 84.0 Å². The first kappa shape index (κ1) is 24.2.